The van der Waals surface area contributed by atoms with E-state index in [1.54, 1.807) is 0 Å². The van der Waals surface area contributed by atoms with Gasteiger partial charge in [0.1, 0.15) is 11.4 Å². The van der Waals surface area contributed by atoms with Crippen molar-refractivity contribution in [3.05, 3.63) is 29.8 Å². The van der Waals surface area contributed by atoms with E-state index in [1.807, 2.05) is 0 Å². The highest BCUT2D eigenvalue weighted by Gasteiger charge is 2.42. The first-order valence-corrected chi connectivity index (χ1v) is 8.14. The molecule has 1 aromatic carbocycles. The Labute approximate surface area is 122 Å². The molecule has 1 N–H and O–H groups in total. The zero-order valence-corrected chi connectivity index (χ0v) is 13.0. The maximum Gasteiger partial charge on any atom is 0.125 e. The fraction of sp³-hybridized carbons (Fsp3) is 0.667. The van der Waals surface area contributed by atoms with Gasteiger partial charge in [-0.3, -0.25) is 0 Å². The number of hydrogen-bond acceptors (Lipinski definition) is 2. The number of fused-ring (bicyclic) bond motifs is 1. The largest absolute Gasteiger partial charge is 0.486 e. The van der Waals surface area contributed by atoms with Crippen LogP contribution in [0, 0.1) is 5.92 Å². The van der Waals surface area contributed by atoms with Gasteiger partial charge in [-0.05, 0) is 38.7 Å². The summed E-state index contributed by atoms with van der Waals surface area (Å²) in [5.41, 5.74) is 1.18. The predicted octanol–water partition coefficient (Wildman–Crippen LogP) is 4.46. The van der Waals surface area contributed by atoms with Crippen LogP contribution >= 0.6 is 0 Å². The second-order valence-electron chi connectivity index (χ2n) is 6.98. The fourth-order valence-electron chi connectivity index (χ4n) is 3.87. The summed E-state index contributed by atoms with van der Waals surface area (Å²) >= 11 is 0. The zero-order chi connectivity index (χ0) is 14.2. The number of hydrogen-bond donors (Lipinski definition) is 1. The Morgan fingerprint density at radius 2 is 2.05 bits per heavy atom. The molecule has 2 heteroatoms. The van der Waals surface area contributed by atoms with Crippen molar-refractivity contribution in [2.24, 2.45) is 5.92 Å². The zero-order valence-electron chi connectivity index (χ0n) is 13.0. The van der Waals surface area contributed by atoms with E-state index in [4.69, 9.17) is 4.74 Å². The molecular formula is C18H27NO. The molecule has 1 saturated carbocycles. The maximum atomic E-state index is 6.14. The monoisotopic (exact) mass is 273 g/mol. The Hall–Kier alpha value is -1.02. The first-order chi connectivity index (χ1) is 9.60. The maximum absolute atomic E-state index is 6.14. The van der Waals surface area contributed by atoms with Crippen LogP contribution in [-0.4, -0.2) is 11.6 Å². The van der Waals surface area contributed by atoms with Gasteiger partial charge in [-0.1, -0.05) is 44.4 Å². The summed E-state index contributed by atoms with van der Waals surface area (Å²) in [6, 6.07) is 9.45. The lowest BCUT2D eigenvalue weighted by atomic mass is 9.83. The summed E-state index contributed by atoms with van der Waals surface area (Å²) in [6.07, 6.45) is 6.73. The van der Waals surface area contributed by atoms with E-state index in [9.17, 15) is 0 Å². The van der Waals surface area contributed by atoms with Crippen molar-refractivity contribution in [3.63, 3.8) is 0 Å². The highest BCUT2D eigenvalue weighted by atomic mass is 16.5. The van der Waals surface area contributed by atoms with Gasteiger partial charge < -0.3 is 10.1 Å². The Bertz CT molecular complexity index is 468. The minimum Gasteiger partial charge on any atom is -0.486 e. The standard InChI is InChI=1S/C18H27NO/c1-4-13-8-7-9-14(12-13)19-17-15-10-5-6-11-16(15)20-18(17,2)3/h5-6,10-11,13-14,17,19H,4,7-9,12H2,1-3H3. The molecule has 3 rings (SSSR count). The van der Waals surface area contributed by atoms with Gasteiger partial charge in [-0.15, -0.1) is 0 Å². The Kier molecular flexibility index (Phi) is 3.76. The van der Waals surface area contributed by atoms with E-state index < -0.39 is 0 Å². The van der Waals surface area contributed by atoms with Crippen LogP contribution in [0.25, 0.3) is 0 Å². The third-order valence-electron chi connectivity index (χ3n) is 5.06. The molecule has 0 amide bonds. The van der Waals surface area contributed by atoms with E-state index in [2.05, 4.69) is 50.4 Å². The molecule has 1 aromatic rings. The highest BCUT2D eigenvalue weighted by molar-refractivity contribution is 5.42. The SMILES string of the molecule is CCC1CCCC(NC2c3ccccc3OC2(C)C)C1. The average molecular weight is 273 g/mol. The fourth-order valence-corrected chi connectivity index (χ4v) is 3.87. The van der Waals surface area contributed by atoms with Crippen molar-refractivity contribution in [2.75, 3.05) is 0 Å². The molecule has 0 bridgehead atoms. The van der Waals surface area contributed by atoms with Gasteiger partial charge in [-0.25, -0.2) is 0 Å². The minimum absolute atomic E-state index is 0.150. The van der Waals surface area contributed by atoms with Gasteiger partial charge in [0.25, 0.3) is 0 Å². The van der Waals surface area contributed by atoms with Crippen molar-refractivity contribution in [1.29, 1.82) is 0 Å². The predicted molar refractivity (Wildman–Crippen MR) is 83.1 cm³/mol. The molecule has 1 heterocycles. The third-order valence-corrected chi connectivity index (χ3v) is 5.06. The molecular weight excluding hydrogens is 246 g/mol. The van der Waals surface area contributed by atoms with Crippen LogP contribution in [0.15, 0.2) is 24.3 Å². The van der Waals surface area contributed by atoms with Gasteiger partial charge in [-0.2, -0.15) is 0 Å². The molecule has 3 atom stereocenters. The van der Waals surface area contributed by atoms with Gasteiger partial charge in [0.15, 0.2) is 0 Å². The van der Waals surface area contributed by atoms with Gasteiger partial charge in [0.05, 0.1) is 6.04 Å². The molecule has 0 saturated heterocycles. The summed E-state index contributed by atoms with van der Waals surface area (Å²) in [6.45, 7) is 6.72. The first kappa shape index (κ1) is 13.9. The third kappa shape index (κ3) is 2.58. The van der Waals surface area contributed by atoms with Crippen LogP contribution in [0.1, 0.15) is 64.5 Å². The van der Waals surface area contributed by atoms with E-state index in [0.717, 1.165) is 11.7 Å². The molecule has 1 fully saturated rings. The highest BCUT2D eigenvalue weighted by Crippen LogP contribution is 2.43. The van der Waals surface area contributed by atoms with E-state index in [1.165, 1.54) is 37.7 Å². The Morgan fingerprint density at radius 1 is 1.25 bits per heavy atom. The summed E-state index contributed by atoms with van der Waals surface area (Å²) in [4.78, 5) is 0. The molecule has 1 aliphatic carbocycles. The van der Waals surface area contributed by atoms with Crippen LogP contribution in [0.3, 0.4) is 0 Å². The van der Waals surface area contributed by atoms with Crippen LogP contribution in [0.5, 0.6) is 5.75 Å². The van der Waals surface area contributed by atoms with E-state index >= 15 is 0 Å². The molecule has 0 spiro atoms. The van der Waals surface area contributed by atoms with Crippen molar-refractivity contribution in [3.8, 4) is 5.75 Å². The molecule has 20 heavy (non-hydrogen) atoms. The second-order valence-corrected chi connectivity index (χ2v) is 6.98. The van der Waals surface area contributed by atoms with Crippen LogP contribution in [0.2, 0.25) is 0 Å². The minimum atomic E-state index is -0.150. The van der Waals surface area contributed by atoms with Crippen molar-refractivity contribution in [2.45, 2.75) is 70.6 Å². The number of rotatable bonds is 3. The number of nitrogens with one attached hydrogen (secondary N) is 1. The molecule has 110 valence electrons. The lowest BCUT2D eigenvalue weighted by Gasteiger charge is -2.35. The normalized spacial score (nSPS) is 31.6. The van der Waals surface area contributed by atoms with Crippen molar-refractivity contribution < 1.29 is 4.74 Å². The van der Waals surface area contributed by atoms with Crippen molar-refractivity contribution >= 4 is 0 Å². The summed E-state index contributed by atoms with van der Waals surface area (Å²) < 4.78 is 6.14. The molecule has 3 unspecified atom stereocenters. The summed E-state index contributed by atoms with van der Waals surface area (Å²) in [5, 5.41) is 3.90. The van der Waals surface area contributed by atoms with Gasteiger partial charge in [0, 0.05) is 11.6 Å². The molecule has 2 nitrogen and oxygen atoms in total. The Morgan fingerprint density at radius 3 is 2.85 bits per heavy atom. The Balaban J connectivity index is 1.76. The first-order valence-electron chi connectivity index (χ1n) is 8.14. The van der Waals surface area contributed by atoms with Crippen LogP contribution < -0.4 is 10.1 Å². The second kappa shape index (κ2) is 5.40. The molecule has 1 aliphatic heterocycles. The smallest absolute Gasteiger partial charge is 0.125 e. The molecule has 2 aliphatic rings. The van der Waals surface area contributed by atoms with Crippen LogP contribution in [0.4, 0.5) is 0 Å². The number of para-hydroxylation sites is 1. The summed E-state index contributed by atoms with van der Waals surface area (Å²) in [7, 11) is 0. The lowest BCUT2D eigenvalue weighted by Crippen LogP contribution is -2.45. The molecule has 0 aromatic heterocycles. The van der Waals surface area contributed by atoms with Gasteiger partial charge >= 0.3 is 0 Å². The van der Waals surface area contributed by atoms with Gasteiger partial charge in [0.2, 0.25) is 0 Å². The average Bonchev–Trinajstić information content (AvgIpc) is 2.70. The lowest BCUT2D eigenvalue weighted by molar-refractivity contribution is 0.0850. The quantitative estimate of drug-likeness (QED) is 0.878. The topological polar surface area (TPSA) is 21.3 Å². The number of benzene rings is 1. The van der Waals surface area contributed by atoms with Crippen molar-refractivity contribution in [1.82, 2.24) is 5.32 Å². The van der Waals surface area contributed by atoms with Crippen LogP contribution in [-0.2, 0) is 0 Å². The van der Waals surface area contributed by atoms with E-state index in [0.29, 0.717) is 12.1 Å². The molecule has 0 radical (unpaired) electrons. The number of ether oxygens (including phenoxy) is 1. The van der Waals surface area contributed by atoms with E-state index in [-0.39, 0.29) is 5.60 Å². The summed E-state index contributed by atoms with van der Waals surface area (Å²) in [5.74, 6) is 1.96.